The van der Waals surface area contributed by atoms with E-state index in [2.05, 4.69) is 10.6 Å². The second-order valence-corrected chi connectivity index (χ2v) is 9.24. The van der Waals surface area contributed by atoms with E-state index in [0.29, 0.717) is 44.4 Å². The second kappa shape index (κ2) is 15.5. The van der Waals surface area contributed by atoms with E-state index in [1.165, 1.54) is 16.7 Å². The van der Waals surface area contributed by atoms with Gasteiger partial charge in [-0.05, 0) is 57.1 Å². The summed E-state index contributed by atoms with van der Waals surface area (Å²) in [4.78, 5) is 62.4. The number of amides is 3. The summed E-state index contributed by atoms with van der Waals surface area (Å²) in [5, 5.41) is 23.6. The van der Waals surface area contributed by atoms with Crippen molar-refractivity contribution < 1.29 is 34.2 Å². The summed E-state index contributed by atoms with van der Waals surface area (Å²) in [6, 6.07) is -4.04. The third kappa shape index (κ3) is 9.85. The van der Waals surface area contributed by atoms with E-state index in [4.69, 9.17) is 16.6 Å². The van der Waals surface area contributed by atoms with Gasteiger partial charge in [-0.2, -0.15) is 11.8 Å². The molecule has 0 aromatic rings. The highest BCUT2D eigenvalue weighted by atomic mass is 32.2. The van der Waals surface area contributed by atoms with Crippen molar-refractivity contribution in [1.29, 1.82) is 0 Å². The minimum absolute atomic E-state index is 0.187. The van der Waals surface area contributed by atoms with Crippen molar-refractivity contribution in [3.05, 3.63) is 0 Å². The molecule has 0 saturated carbocycles. The van der Waals surface area contributed by atoms with Crippen LogP contribution in [0.4, 0.5) is 0 Å². The van der Waals surface area contributed by atoms with E-state index in [-0.39, 0.29) is 25.8 Å². The maximum atomic E-state index is 13.1. The summed E-state index contributed by atoms with van der Waals surface area (Å²) < 4.78 is 0. The van der Waals surface area contributed by atoms with Gasteiger partial charge in [-0.3, -0.25) is 19.2 Å². The molecule has 0 aromatic heterocycles. The lowest BCUT2D eigenvalue weighted by Gasteiger charge is -2.29. The Morgan fingerprint density at radius 1 is 1.03 bits per heavy atom. The first-order valence-corrected chi connectivity index (χ1v) is 12.8. The van der Waals surface area contributed by atoms with Crippen molar-refractivity contribution in [2.24, 2.45) is 11.5 Å². The maximum absolute atomic E-state index is 13.1. The molecule has 1 saturated heterocycles. The number of carboxylic acid groups (broad SMARTS) is 2. The van der Waals surface area contributed by atoms with Gasteiger partial charge >= 0.3 is 11.9 Å². The topological polar surface area (TPSA) is 205 Å². The molecule has 1 aliphatic heterocycles. The SMILES string of the molecule is CSCCC(NC(=O)C(CCC(=O)O)NC(=O)C(N)CCCCN)C(=O)N1CCCC1C(=O)O. The molecule has 1 rings (SSSR count). The molecule has 0 aromatic carbocycles. The number of hydrogen-bond donors (Lipinski definition) is 6. The monoisotopic (exact) mass is 503 g/mol. The number of nitrogens with zero attached hydrogens (tertiary/aromatic N) is 1. The zero-order valence-electron chi connectivity index (χ0n) is 19.5. The number of nitrogens with two attached hydrogens (primary N) is 2. The zero-order valence-corrected chi connectivity index (χ0v) is 20.3. The van der Waals surface area contributed by atoms with Crippen molar-refractivity contribution in [3.8, 4) is 0 Å². The average molecular weight is 504 g/mol. The highest BCUT2D eigenvalue weighted by molar-refractivity contribution is 7.98. The van der Waals surface area contributed by atoms with E-state index in [1.807, 2.05) is 6.26 Å². The van der Waals surface area contributed by atoms with Gasteiger partial charge in [0.15, 0.2) is 0 Å². The minimum atomic E-state index is -1.21. The fourth-order valence-corrected chi connectivity index (χ4v) is 4.18. The van der Waals surface area contributed by atoms with Crippen LogP contribution in [0.2, 0.25) is 0 Å². The Balaban J connectivity index is 2.94. The van der Waals surface area contributed by atoms with Crippen LogP contribution in [0.15, 0.2) is 0 Å². The van der Waals surface area contributed by atoms with Crippen molar-refractivity contribution in [1.82, 2.24) is 15.5 Å². The molecule has 0 spiro atoms. The molecule has 8 N–H and O–H groups in total. The smallest absolute Gasteiger partial charge is 0.326 e. The molecule has 4 atom stereocenters. The molecule has 1 fully saturated rings. The summed E-state index contributed by atoms with van der Waals surface area (Å²) >= 11 is 1.46. The fraction of sp³-hybridized carbons (Fsp3) is 0.762. The minimum Gasteiger partial charge on any atom is -0.481 e. The van der Waals surface area contributed by atoms with E-state index in [0.717, 1.165) is 0 Å². The molecule has 13 heteroatoms. The van der Waals surface area contributed by atoms with Gasteiger partial charge in [0, 0.05) is 13.0 Å². The maximum Gasteiger partial charge on any atom is 0.326 e. The predicted octanol–water partition coefficient (Wildman–Crippen LogP) is -0.894. The van der Waals surface area contributed by atoms with Crippen LogP contribution < -0.4 is 22.1 Å². The molecule has 12 nitrogen and oxygen atoms in total. The van der Waals surface area contributed by atoms with Gasteiger partial charge in [-0.1, -0.05) is 6.42 Å². The lowest BCUT2D eigenvalue weighted by Crippen LogP contribution is -2.57. The van der Waals surface area contributed by atoms with Gasteiger partial charge in [0.2, 0.25) is 17.7 Å². The number of carboxylic acids is 2. The Morgan fingerprint density at radius 2 is 1.71 bits per heavy atom. The van der Waals surface area contributed by atoms with E-state index in [1.54, 1.807) is 0 Å². The Labute approximate surface area is 203 Å². The number of nitrogens with one attached hydrogen (secondary N) is 2. The molecular formula is C21H37N5O7S. The Morgan fingerprint density at radius 3 is 2.29 bits per heavy atom. The van der Waals surface area contributed by atoms with Crippen LogP contribution in [0.25, 0.3) is 0 Å². The Bertz CT molecular complexity index is 724. The van der Waals surface area contributed by atoms with Crippen molar-refractivity contribution >= 4 is 41.4 Å². The van der Waals surface area contributed by atoms with Crippen LogP contribution in [-0.4, -0.2) is 94.0 Å². The Kier molecular flexibility index (Phi) is 13.5. The average Bonchev–Trinajstić information content (AvgIpc) is 3.28. The Hall–Kier alpha value is -2.38. The van der Waals surface area contributed by atoms with Crippen LogP contribution in [-0.2, 0) is 24.0 Å². The molecule has 4 unspecified atom stereocenters. The lowest BCUT2D eigenvalue weighted by molar-refractivity contribution is -0.149. The third-order valence-corrected chi connectivity index (χ3v) is 6.28. The van der Waals surface area contributed by atoms with Crippen LogP contribution in [0, 0.1) is 0 Å². The first kappa shape index (κ1) is 29.7. The predicted molar refractivity (Wildman–Crippen MR) is 127 cm³/mol. The molecule has 1 heterocycles. The van der Waals surface area contributed by atoms with Crippen LogP contribution in [0.3, 0.4) is 0 Å². The summed E-state index contributed by atoms with van der Waals surface area (Å²) in [6.45, 7) is 0.738. The first-order chi connectivity index (χ1) is 16.1. The van der Waals surface area contributed by atoms with E-state index < -0.39 is 53.8 Å². The molecule has 34 heavy (non-hydrogen) atoms. The number of unbranched alkanes of at least 4 members (excludes halogenated alkanes) is 1. The fourth-order valence-electron chi connectivity index (χ4n) is 3.71. The quantitative estimate of drug-likeness (QED) is 0.143. The zero-order chi connectivity index (χ0) is 25.7. The van der Waals surface area contributed by atoms with Crippen molar-refractivity contribution in [3.63, 3.8) is 0 Å². The molecule has 0 bridgehead atoms. The van der Waals surface area contributed by atoms with Gasteiger partial charge in [0.25, 0.3) is 0 Å². The van der Waals surface area contributed by atoms with E-state index in [9.17, 15) is 29.1 Å². The van der Waals surface area contributed by atoms with Gasteiger partial charge in [0.05, 0.1) is 6.04 Å². The van der Waals surface area contributed by atoms with E-state index >= 15 is 0 Å². The number of carbonyl (C=O) groups is 5. The molecule has 1 aliphatic rings. The molecular weight excluding hydrogens is 466 g/mol. The number of rotatable bonds is 16. The normalized spacial score (nSPS) is 18.1. The molecule has 0 radical (unpaired) electrons. The summed E-state index contributed by atoms with van der Waals surface area (Å²) in [5.41, 5.74) is 11.3. The second-order valence-electron chi connectivity index (χ2n) is 8.26. The van der Waals surface area contributed by atoms with Gasteiger partial charge in [-0.25, -0.2) is 4.79 Å². The number of hydrogen-bond acceptors (Lipinski definition) is 8. The molecule has 3 amide bonds. The highest BCUT2D eigenvalue weighted by Crippen LogP contribution is 2.20. The van der Waals surface area contributed by atoms with Gasteiger partial charge < -0.3 is 37.2 Å². The number of carbonyl (C=O) groups excluding carboxylic acids is 3. The number of aliphatic carboxylic acids is 2. The lowest BCUT2D eigenvalue weighted by atomic mass is 10.1. The molecule has 194 valence electrons. The van der Waals surface area contributed by atoms with Crippen LogP contribution >= 0.6 is 11.8 Å². The standard InChI is InChI=1S/C21H37N5O7S/c1-34-12-9-15(20(31)26-11-4-6-16(26)21(32)33)25-19(30)14(7-8-17(27)28)24-18(29)13(23)5-2-3-10-22/h13-16H,2-12,22-23H2,1H3,(H,24,29)(H,25,30)(H,27,28)(H,32,33). The van der Waals surface area contributed by atoms with Crippen molar-refractivity contribution in [2.75, 3.05) is 25.1 Å². The number of thioether (sulfide) groups is 1. The summed E-state index contributed by atoms with van der Waals surface area (Å²) in [5.74, 6) is -3.53. The highest BCUT2D eigenvalue weighted by Gasteiger charge is 2.38. The number of likely N-dealkylation sites (tertiary alicyclic amines) is 1. The van der Waals surface area contributed by atoms with Gasteiger partial charge in [0.1, 0.15) is 18.1 Å². The van der Waals surface area contributed by atoms with Crippen LogP contribution in [0.5, 0.6) is 0 Å². The first-order valence-electron chi connectivity index (χ1n) is 11.4. The largest absolute Gasteiger partial charge is 0.481 e. The summed E-state index contributed by atoms with van der Waals surface area (Å²) in [6.07, 6.45) is 4.09. The third-order valence-electron chi connectivity index (χ3n) is 5.63. The van der Waals surface area contributed by atoms with Crippen LogP contribution in [0.1, 0.15) is 51.4 Å². The van der Waals surface area contributed by atoms with Gasteiger partial charge in [-0.15, -0.1) is 0 Å². The summed E-state index contributed by atoms with van der Waals surface area (Å²) in [7, 11) is 0. The van der Waals surface area contributed by atoms with Crippen molar-refractivity contribution in [2.45, 2.75) is 75.5 Å². The molecule has 0 aliphatic carbocycles.